The Morgan fingerprint density at radius 3 is 2.53 bits per heavy atom. The average molecular weight is 268 g/mol. The quantitative estimate of drug-likeness (QED) is 0.809. The molecule has 2 rings (SSSR count). The fraction of sp³-hybridized carbons (Fsp3) is 0.933. The Kier molecular flexibility index (Phi) is 4.39. The molecule has 1 saturated carbocycles. The van der Waals surface area contributed by atoms with E-state index in [1.165, 1.54) is 45.2 Å². The maximum absolute atomic E-state index is 11.6. The lowest BCUT2D eigenvalue weighted by atomic mass is 9.70. The largest absolute Gasteiger partial charge is 0.444 e. The molecule has 0 atom stereocenters. The van der Waals surface area contributed by atoms with E-state index < -0.39 is 5.60 Å². The van der Waals surface area contributed by atoms with E-state index >= 15 is 0 Å². The molecule has 1 aliphatic carbocycles. The van der Waals surface area contributed by atoms with Crippen LogP contribution in [0.3, 0.4) is 0 Å². The number of alkyl carbamates (subject to hydrolysis) is 1. The minimum Gasteiger partial charge on any atom is -0.444 e. The highest BCUT2D eigenvalue weighted by molar-refractivity contribution is 5.67. The van der Waals surface area contributed by atoms with Gasteiger partial charge in [0.05, 0.1) is 0 Å². The summed E-state index contributed by atoms with van der Waals surface area (Å²) in [6, 6.07) is 0. The van der Waals surface area contributed by atoms with Crippen molar-refractivity contribution in [3.8, 4) is 0 Å². The number of carbonyl (C=O) groups is 1. The summed E-state index contributed by atoms with van der Waals surface area (Å²) in [6.45, 7) is 8.82. The molecule has 2 fully saturated rings. The van der Waals surface area contributed by atoms with Gasteiger partial charge in [-0.15, -0.1) is 0 Å². The molecule has 2 aliphatic rings. The molecule has 0 aromatic rings. The van der Waals surface area contributed by atoms with Gasteiger partial charge in [-0.3, -0.25) is 0 Å². The van der Waals surface area contributed by atoms with Gasteiger partial charge in [-0.25, -0.2) is 4.79 Å². The SMILES string of the molecule is CC(C)(C)OC(=O)NCC1CCC2(CCNC2)CC1. The van der Waals surface area contributed by atoms with Crippen LogP contribution in [0.1, 0.15) is 52.9 Å². The van der Waals surface area contributed by atoms with Gasteiger partial charge in [-0.05, 0) is 70.8 Å². The molecule has 1 spiro atoms. The van der Waals surface area contributed by atoms with Crippen LogP contribution in [-0.2, 0) is 4.74 Å². The van der Waals surface area contributed by atoms with Crippen molar-refractivity contribution in [2.75, 3.05) is 19.6 Å². The lowest BCUT2D eigenvalue weighted by Crippen LogP contribution is -2.38. The lowest BCUT2D eigenvalue weighted by Gasteiger charge is -2.36. The fourth-order valence-corrected chi connectivity index (χ4v) is 3.26. The Balaban J connectivity index is 1.67. The summed E-state index contributed by atoms with van der Waals surface area (Å²) < 4.78 is 5.26. The Morgan fingerprint density at radius 1 is 1.32 bits per heavy atom. The van der Waals surface area contributed by atoms with Crippen LogP contribution in [0.2, 0.25) is 0 Å². The van der Waals surface area contributed by atoms with Crippen LogP contribution in [0.25, 0.3) is 0 Å². The second kappa shape index (κ2) is 5.70. The zero-order chi connectivity index (χ0) is 13.9. The van der Waals surface area contributed by atoms with Crippen LogP contribution in [0, 0.1) is 11.3 Å². The number of hydrogen-bond acceptors (Lipinski definition) is 3. The van der Waals surface area contributed by atoms with E-state index in [1.807, 2.05) is 20.8 Å². The first kappa shape index (κ1) is 14.6. The monoisotopic (exact) mass is 268 g/mol. The molecule has 0 bridgehead atoms. The molecule has 1 heterocycles. The summed E-state index contributed by atoms with van der Waals surface area (Å²) in [4.78, 5) is 11.6. The second-order valence-corrected chi connectivity index (χ2v) is 7.25. The van der Waals surface area contributed by atoms with Gasteiger partial charge in [0.2, 0.25) is 0 Å². The van der Waals surface area contributed by atoms with Gasteiger partial charge >= 0.3 is 6.09 Å². The second-order valence-electron chi connectivity index (χ2n) is 7.25. The van der Waals surface area contributed by atoms with Gasteiger partial charge in [-0.2, -0.15) is 0 Å². The van der Waals surface area contributed by atoms with E-state index in [9.17, 15) is 4.79 Å². The van der Waals surface area contributed by atoms with Crippen molar-refractivity contribution in [2.45, 2.75) is 58.5 Å². The van der Waals surface area contributed by atoms with Crippen molar-refractivity contribution in [2.24, 2.45) is 11.3 Å². The molecule has 110 valence electrons. The molecular weight excluding hydrogens is 240 g/mol. The van der Waals surface area contributed by atoms with Crippen molar-refractivity contribution >= 4 is 6.09 Å². The highest BCUT2D eigenvalue weighted by Gasteiger charge is 2.37. The summed E-state index contributed by atoms with van der Waals surface area (Å²) in [5.41, 5.74) is 0.165. The zero-order valence-electron chi connectivity index (χ0n) is 12.6. The molecule has 0 unspecified atom stereocenters. The topological polar surface area (TPSA) is 50.4 Å². The summed E-state index contributed by atoms with van der Waals surface area (Å²) >= 11 is 0. The smallest absolute Gasteiger partial charge is 0.407 e. The summed E-state index contributed by atoms with van der Waals surface area (Å²) in [5.74, 6) is 0.624. The molecule has 4 nitrogen and oxygen atoms in total. The molecule has 0 aromatic heterocycles. The maximum atomic E-state index is 11.6. The molecule has 0 aromatic carbocycles. The standard InChI is InChI=1S/C15H28N2O2/c1-14(2,3)19-13(18)17-10-12-4-6-15(7-5-12)8-9-16-11-15/h12,16H,4-11H2,1-3H3,(H,17,18). The minimum absolute atomic E-state index is 0.282. The van der Waals surface area contributed by atoms with Gasteiger partial charge in [0.25, 0.3) is 0 Å². The number of hydrogen-bond donors (Lipinski definition) is 2. The molecule has 2 N–H and O–H groups in total. The third kappa shape index (κ3) is 4.37. The molecule has 1 amide bonds. The number of carbonyl (C=O) groups excluding carboxylic acids is 1. The van der Waals surface area contributed by atoms with E-state index in [2.05, 4.69) is 10.6 Å². The Bertz CT molecular complexity index is 307. The van der Waals surface area contributed by atoms with Gasteiger partial charge < -0.3 is 15.4 Å². The predicted octanol–water partition coefficient (Wildman–Crippen LogP) is 2.68. The van der Waals surface area contributed by atoms with Gasteiger partial charge in [-0.1, -0.05) is 0 Å². The third-order valence-electron chi connectivity index (χ3n) is 4.43. The van der Waals surface area contributed by atoms with Crippen molar-refractivity contribution in [3.63, 3.8) is 0 Å². The number of amides is 1. The molecule has 0 radical (unpaired) electrons. The van der Waals surface area contributed by atoms with Crippen molar-refractivity contribution in [1.29, 1.82) is 0 Å². The highest BCUT2D eigenvalue weighted by atomic mass is 16.6. The lowest BCUT2D eigenvalue weighted by molar-refractivity contribution is 0.0508. The van der Waals surface area contributed by atoms with E-state index in [0.29, 0.717) is 11.3 Å². The van der Waals surface area contributed by atoms with E-state index in [4.69, 9.17) is 4.74 Å². The molecule has 4 heteroatoms. The van der Waals surface area contributed by atoms with E-state index in [0.717, 1.165) is 6.54 Å². The van der Waals surface area contributed by atoms with Crippen LogP contribution in [0.15, 0.2) is 0 Å². The van der Waals surface area contributed by atoms with Gasteiger partial charge in [0.15, 0.2) is 0 Å². The number of ether oxygens (including phenoxy) is 1. The van der Waals surface area contributed by atoms with Crippen molar-refractivity contribution < 1.29 is 9.53 Å². The first-order chi connectivity index (χ1) is 8.89. The summed E-state index contributed by atoms with van der Waals surface area (Å²) in [7, 11) is 0. The average Bonchev–Trinajstić information content (AvgIpc) is 2.75. The Hall–Kier alpha value is -0.770. The molecule has 19 heavy (non-hydrogen) atoms. The molecular formula is C15H28N2O2. The summed E-state index contributed by atoms with van der Waals surface area (Å²) in [6.07, 6.45) is 6.13. The van der Waals surface area contributed by atoms with Crippen molar-refractivity contribution in [3.05, 3.63) is 0 Å². The Morgan fingerprint density at radius 2 is 2.00 bits per heavy atom. The number of nitrogens with one attached hydrogen (secondary N) is 2. The number of rotatable bonds is 2. The fourth-order valence-electron chi connectivity index (χ4n) is 3.26. The predicted molar refractivity (Wildman–Crippen MR) is 76.1 cm³/mol. The zero-order valence-corrected chi connectivity index (χ0v) is 12.6. The van der Waals surface area contributed by atoms with Gasteiger partial charge in [0, 0.05) is 13.1 Å². The van der Waals surface area contributed by atoms with Crippen LogP contribution < -0.4 is 10.6 Å². The molecule has 1 saturated heterocycles. The van der Waals surface area contributed by atoms with Crippen LogP contribution in [0.4, 0.5) is 4.79 Å². The normalized spacial score (nSPS) is 31.4. The molecule has 1 aliphatic heterocycles. The maximum Gasteiger partial charge on any atom is 0.407 e. The van der Waals surface area contributed by atoms with Crippen LogP contribution in [-0.4, -0.2) is 31.3 Å². The minimum atomic E-state index is -0.407. The van der Waals surface area contributed by atoms with Crippen LogP contribution in [0.5, 0.6) is 0 Å². The highest BCUT2D eigenvalue weighted by Crippen LogP contribution is 2.42. The first-order valence-electron chi connectivity index (χ1n) is 7.56. The first-order valence-corrected chi connectivity index (χ1v) is 7.56. The van der Waals surface area contributed by atoms with Crippen molar-refractivity contribution in [1.82, 2.24) is 10.6 Å². The summed E-state index contributed by atoms with van der Waals surface area (Å²) in [5, 5.41) is 6.39. The van der Waals surface area contributed by atoms with Gasteiger partial charge in [0.1, 0.15) is 5.60 Å². The van der Waals surface area contributed by atoms with E-state index in [-0.39, 0.29) is 6.09 Å². The Labute approximate surface area is 116 Å². The third-order valence-corrected chi connectivity index (χ3v) is 4.43. The van der Waals surface area contributed by atoms with Crippen LogP contribution >= 0.6 is 0 Å². The van der Waals surface area contributed by atoms with E-state index in [1.54, 1.807) is 0 Å².